The topological polar surface area (TPSA) is 15.3 Å². The minimum atomic E-state index is 0.605. The largest absolute Gasteiger partial charge is 0.310 e. The van der Waals surface area contributed by atoms with Crippen LogP contribution in [0.2, 0.25) is 0 Å². The van der Waals surface area contributed by atoms with Gasteiger partial charge in [-0.05, 0) is 39.3 Å². The molecule has 92 valence electrons. The number of likely N-dealkylation sites (N-methyl/N-ethyl adjacent to an activating group) is 1. The Morgan fingerprint density at radius 3 is 1.87 bits per heavy atom. The molecule has 0 spiro atoms. The Labute approximate surface area is 96.4 Å². The summed E-state index contributed by atoms with van der Waals surface area (Å²) in [7, 11) is 4.29. The number of hydrogen-bond donors (Lipinski definition) is 1. The van der Waals surface area contributed by atoms with Gasteiger partial charge in [-0.25, -0.2) is 0 Å². The molecule has 0 radical (unpaired) electrons. The summed E-state index contributed by atoms with van der Waals surface area (Å²) in [6.45, 7) is 12.6. The maximum atomic E-state index is 3.74. The van der Waals surface area contributed by atoms with Crippen molar-refractivity contribution in [3.63, 3.8) is 0 Å². The van der Waals surface area contributed by atoms with Gasteiger partial charge in [0.1, 0.15) is 0 Å². The molecular formula is C13H30N2. The first-order valence-corrected chi connectivity index (χ1v) is 6.23. The van der Waals surface area contributed by atoms with Crippen molar-refractivity contribution in [1.29, 1.82) is 0 Å². The van der Waals surface area contributed by atoms with E-state index in [4.69, 9.17) is 0 Å². The lowest BCUT2D eigenvalue weighted by Gasteiger charge is -2.29. The maximum absolute atomic E-state index is 3.74. The van der Waals surface area contributed by atoms with Gasteiger partial charge in [0.05, 0.1) is 0 Å². The Morgan fingerprint density at radius 2 is 1.53 bits per heavy atom. The lowest BCUT2D eigenvalue weighted by atomic mass is 10.00. The SMILES string of the molecule is CC(C)CC(C)NC(CN(C)C)C(C)C. The van der Waals surface area contributed by atoms with E-state index in [-0.39, 0.29) is 0 Å². The smallest absolute Gasteiger partial charge is 0.0220 e. The molecule has 0 saturated heterocycles. The fraction of sp³-hybridized carbons (Fsp3) is 1.00. The van der Waals surface area contributed by atoms with Gasteiger partial charge in [-0.3, -0.25) is 0 Å². The molecule has 2 unspecified atom stereocenters. The van der Waals surface area contributed by atoms with Gasteiger partial charge in [0.25, 0.3) is 0 Å². The molecule has 2 atom stereocenters. The Hall–Kier alpha value is -0.0800. The van der Waals surface area contributed by atoms with E-state index in [1.165, 1.54) is 6.42 Å². The van der Waals surface area contributed by atoms with Crippen LogP contribution in [0.15, 0.2) is 0 Å². The summed E-state index contributed by atoms with van der Waals surface area (Å²) in [6, 6.07) is 1.23. The Kier molecular flexibility index (Phi) is 7.20. The average molecular weight is 214 g/mol. The van der Waals surface area contributed by atoms with Crippen molar-refractivity contribution in [2.24, 2.45) is 11.8 Å². The quantitative estimate of drug-likeness (QED) is 0.701. The molecule has 0 rings (SSSR count). The second-order valence-electron chi connectivity index (χ2n) is 5.81. The van der Waals surface area contributed by atoms with Crippen LogP contribution in [0.1, 0.15) is 41.0 Å². The fourth-order valence-corrected chi connectivity index (χ4v) is 1.99. The van der Waals surface area contributed by atoms with E-state index in [1.807, 2.05) is 0 Å². The third kappa shape index (κ3) is 7.80. The first-order chi connectivity index (χ1) is 6.82. The van der Waals surface area contributed by atoms with Gasteiger partial charge >= 0.3 is 0 Å². The van der Waals surface area contributed by atoms with Gasteiger partial charge in [0.2, 0.25) is 0 Å². The highest BCUT2D eigenvalue weighted by Gasteiger charge is 2.16. The van der Waals surface area contributed by atoms with Crippen LogP contribution in [-0.2, 0) is 0 Å². The minimum Gasteiger partial charge on any atom is -0.310 e. The first-order valence-electron chi connectivity index (χ1n) is 6.23. The molecule has 2 heteroatoms. The highest BCUT2D eigenvalue weighted by atomic mass is 15.1. The first kappa shape index (κ1) is 14.9. The van der Waals surface area contributed by atoms with Crippen LogP contribution < -0.4 is 5.32 Å². The van der Waals surface area contributed by atoms with E-state index in [0.717, 1.165) is 12.5 Å². The van der Waals surface area contributed by atoms with Crippen LogP contribution in [-0.4, -0.2) is 37.6 Å². The van der Waals surface area contributed by atoms with Crippen molar-refractivity contribution in [1.82, 2.24) is 10.2 Å². The zero-order valence-electron chi connectivity index (χ0n) is 11.7. The van der Waals surface area contributed by atoms with Gasteiger partial charge in [0.15, 0.2) is 0 Å². The van der Waals surface area contributed by atoms with Crippen LogP contribution in [0.3, 0.4) is 0 Å². The second kappa shape index (κ2) is 7.24. The van der Waals surface area contributed by atoms with E-state index < -0.39 is 0 Å². The number of nitrogens with one attached hydrogen (secondary N) is 1. The van der Waals surface area contributed by atoms with Crippen molar-refractivity contribution >= 4 is 0 Å². The number of nitrogens with zero attached hydrogens (tertiary/aromatic N) is 1. The zero-order chi connectivity index (χ0) is 12.0. The standard InChI is InChI=1S/C13H30N2/c1-10(2)8-12(5)14-13(11(3)4)9-15(6)7/h10-14H,8-9H2,1-7H3. The summed E-state index contributed by atoms with van der Waals surface area (Å²) in [5, 5.41) is 3.74. The summed E-state index contributed by atoms with van der Waals surface area (Å²) < 4.78 is 0. The third-order valence-corrected chi connectivity index (χ3v) is 2.69. The normalized spacial score (nSPS) is 16.4. The summed E-state index contributed by atoms with van der Waals surface area (Å²) in [5.41, 5.74) is 0. The zero-order valence-corrected chi connectivity index (χ0v) is 11.7. The maximum Gasteiger partial charge on any atom is 0.0220 e. The molecular weight excluding hydrogens is 184 g/mol. The molecule has 0 fully saturated rings. The van der Waals surface area contributed by atoms with Crippen molar-refractivity contribution in [3.8, 4) is 0 Å². The number of hydrogen-bond acceptors (Lipinski definition) is 2. The van der Waals surface area contributed by atoms with Crippen molar-refractivity contribution in [2.45, 2.75) is 53.1 Å². The molecule has 0 saturated carbocycles. The third-order valence-electron chi connectivity index (χ3n) is 2.69. The summed E-state index contributed by atoms with van der Waals surface area (Å²) in [4.78, 5) is 2.26. The molecule has 0 aromatic carbocycles. The fourth-order valence-electron chi connectivity index (χ4n) is 1.99. The van der Waals surface area contributed by atoms with E-state index in [9.17, 15) is 0 Å². The van der Waals surface area contributed by atoms with Gasteiger partial charge in [-0.15, -0.1) is 0 Å². The molecule has 0 aliphatic heterocycles. The summed E-state index contributed by atoms with van der Waals surface area (Å²) in [6.07, 6.45) is 1.26. The molecule has 15 heavy (non-hydrogen) atoms. The highest BCUT2D eigenvalue weighted by Crippen LogP contribution is 2.09. The van der Waals surface area contributed by atoms with Crippen LogP contribution in [0.4, 0.5) is 0 Å². The van der Waals surface area contributed by atoms with Crippen LogP contribution >= 0.6 is 0 Å². The Bertz CT molecular complexity index is 153. The Morgan fingerprint density at radius 1 is 1.00 bits per heavy atom. The molecule has 0 aromatic heterocycles. The van der Waals surface area contributed by atoms with Crippen LogP contribution in [0.25, 0.3) is 0 Å². The van der Waals surface area contributed by atoms with Gasteiger partial charge in [-0.1, -0.05) is 27.7 Å². The van der Waals surface area contributed by atoms with E-state index in [1.54, 1.807) is 0 Å². The molecule has 0 amide bonds. The summed E-state index contributed by atoms with van der Waals surface area (Å²) in [5.74, 6) is 1.47. The molecule has 0 aliphatic rings. The average Bonchev–Trinajstić information content (AvgIpc) is 1.99. The predicted molar refractivity (Wildman–Crippen MR) is 69.2 cm³/mol. The van der Waals surface area contributed by atoms with Gasteiger partial charge in [-0.2, -0.15) is 0 Å². The van der Waals surface area contributed by atoms with Crippen molar-refractivity contribution in [3.05, 3.63) is 0 Å². The van der Waals surface area contributed by atoms with Crippen LogP contribution in [0.5, 0.6) is 0 Å². The lowest BCUT2D eigenvalue weighted by Crippen LogP contribution is -2.46. The molecule has 2 nitrogen and oxygen atoms in total. The van der Waals surface area contributed by atoms with Gasteiger partial charge < -0.3 is 10.2 Å². The van der Waals surface area contributed by atoms with Crippen molar-refractivity contribution in [2.75, 3.05) is 20.6 Å². The summed E-state index contributed by atoms with van der Waals surface area (Å²) >= 11 is 0. The number of rotatable bonds is 7. The lowest BCUT2D eigenvalue weighted by molar-refractivity contribution is 0.262. The van der Waals surface area contributed by atoms with Crippen molar-refractivity contribution < 1.29 is 0 Å². The van der Waals surface area contributed by atoms with E-state index >= 15 is 0 Å². The van der Waals surface area contributed by atoms with E-state index in [0.29, 0.717) is 18.0 Å². The predicted octanol–water partition coefficient (Wildman–Crippen LogP) is 2.60. The molecule has 0 aliphatic carbocycles. The van der Waals surface area contributed by atoms with Crippen LogP contribution in [0, 0.1) is 11.8 Å². The molecule has 0 aromatic rings. The Balaban J connectivity index is 4.04. The molecule has 1 N–H and O–H groups in total. The minimum absolute atomic E-state index is 0.605. The molecule has 0 bridgehead atoms. The van der Waals surface area contributed by atoms with Gasteiger partial charge in [0, 0.05) is 18.6 Å². The van der Waals surface area contributed by atoms with E-state index in [2.05, 4.69) is 58.9 Å². The highest BCUT2D eigenvalue weighted by molar-refractivity contribution is 4.77. The second-order valence-corrected chi connectivity index (χ2v) is 5.81. The monoisotopic (exact) mass is 214 g/mol. The molecule has 0 heterocycles.